The first kappa shape index (κ1) is 20.2. The Bertz CT molecular complexity index is 1390. The van der Waals surface area contributed by atoms with Crippen molar-refractivity contribution in [3.05, 3.63) is 87.9 Å². The highest BCUT2D eigenvalue weighted by Gasteiger charge is 2.50. The fourth-order valence-corrected chi connectivity index (χ4v) is 4.34. The van der Waals surface area contributed by atoms with Crippen LogP contribution in [0.2, 0.25) is 0 Å². The van der Waals surface area contributed by atoms with Crippen molar-refractivity contribution in [3.63, 3.8) is 0 Å². The molecular weight excluding hydrogens is 476 g/mol. The zero-order valence-electron chi connectivity index (χ0n) is 16.8. The van der Waals surface area contributed by atoms with Gasteiger partial charge in [-0.1, -0.05) is 46.3 Å². The molecule has 9 heteroatoms. The number of aromatic nitrogens is 2. The average molecular weight is 493 g/mol. The minimum Gasteiger partial charge on any atom is -0.375 e. The van der Waals surface area contributed by atoms with E-state index in [1.54, 1.807) is 60.7 Å². The largest absolute Gasteiger partial charge is 0.414 e. The second-order valence-electron chi connectivity index (χ2n) is 7.25. The predicted octanol–water partition coefficient (Wildman–Crippen LogP) is 3.90. The summed E-state index contributed by atoms with van der Waals surface area (Å²) < 4.78 is 5.85. The van der Waals surface area contributed by atoms with Crippen molar-refractivity contribution in [1.82, 2.24) is 15.3 Å². The number of halogens is 1. The summed E-state index contributed by atoms with van der Waals surface area (Å²) in [7, 11) is 1.45. The molecule has 3 N–H and O–H groups in total. The van der Waals surface area contributed by atoms with Crippen molar-refractivity contribution in [2.24, 2.45) is 0 Å². The fraction of sp³-hybridized carbons (Fsp3) is 0.0870. The number of aliphatic hydroxyl groups is 1. The second kappa shape index (κ2) is 7.47. The number of H-pyrrole nitrogens is 1. The van der Waals surface area contributed by atoms with Crippen molar-refractivity contribution in [3.8, 4) is 6.01 Å². The molecule has 2 heterocycles. The van der Waals surface area contributed by atoms with Crippen LogP contribution in [0, 0.1) is 0 Å². The van der Waals surface area contributed by atoms with Crippen LogP contribution >= 0.6 is 15.9 Å². The first-order valence-electron chi connectivity index (χ1n) is 9.73. The van der Waals surface area contributed by atoms with E-state index in [0.717, 1.165) is 4.47 Å². The highest BCUT2D eigenvalue weighted by molar-refractivity contribution is 9.10. The summed E-state index contributed by atoms with van der Waals surface area (Å²) >= 11 is 3.44. The van der Waals surface area contributed by atoms with Gasteiger partial charge in [0, 0.05) is 33.9 Å². The minimum absolute atomic E-state index is 0.0234. The molecule has 8 nitrogen and oxygen atoms in total. The summed E-state index contributed by atoms with van der Waals surface area (Å²) in [6.45, 7) is 0. The van der Waals surface area contributed by atoms with Gasteiger partial charge in [-0.05, 0) is 36.4 Å². The van der Waals surface area contributed by atoms with E-state index in [0.29, 0.717) is 33.4 Å². The summed E-state index contributed by atoms with van der Waals surface area (Å²) in [6, 6.07) is 19.3. The monoisotopic (exact) mass is 492 g/mol. The Balaban J connectivity index is 1.68. The summed E-state index contributed by atoms with van der Waals surface area (Å²) in [4.78, 5) is 33.4. The molecule has 0 saturated heterocycles. The third kappa shape index (κ3) is 3.05. The molecule has 0 aliphatic carbocycles. The van der Waals surface area contributed by atoms with Gasteiger partial charge in [-0.25, -0.2) is 4.79 Å². The maximum atomic E-state index is 13.4. The molecule has 0 saturated carbocycles. The van der Waals surface area contributed by atoms with Gasteiger partial charge in [0.1, 0.15) is 0 Å². The number of carbonyl (C=O) groups is 2. The molecule has 160 valence electrons. The van der Waals surface area contributed by atoms with E-state index in [9.17, 15) is 14.7 Å². The summed E-state index contributed by atoms with van der Waals surface area (Å²) in [5.74, 6) is -0.311. The number of nitrogens with zero attached hydrogens (tertiary/aromatic N) is 2. The Kier molecular flexibility index (Phi) is 4.72. The number of ether oxygens (including phenoxy) is 1. The third-order valence-corrected chi connectivity index (χ3v) is 5.88. The van der Waals surface area contributed by atoms with E-state index >= 15 is 0 Å². The van der Waals surface area contributed by atoms with Crippen molar-refractivity contribution >= 4 is 44.7 Å². The number of rotatable bonds is 3. The molecule has 1 aliphatic heterocycles. The number of aromatic amines is 1. The Morgan fingerprint density at radius 3 is 2.75 bits per heavy atom. The molecule has 0 radical (unpaired) electrons. The van der Waals surface area contributed by atoms with Crippen LogP contribution in [0.4, 0.5) is 10.5 Å². The number of fused-ring (bicyclic) bond motifs is 2. The summed E-state index contributed by atoms with van der Waals surface area (Å²) in [6.07, 6.45) is -0.654. The van der Waals surface area contributed by atoms with Gasteiger partial charge >= 0.3 is 12.1 Å². The van der Waals surface area contributed by atoms with Crippen LogP contribution in [0.1, 0.15) is 21.5 Å². The first-order valence-corrected chi connectivity index (χ1v) is 10.5. The number of benzene rings is 3. The Labute approximate surface area is 191 Å². The minimum atomic E-state index is -1.75. The lowest BCUT2D eigenvalue weighted by atomic mass is 9.93. The van der Waals surface area contributed by atoms with Gasteiger partial charge in [-0.2, -0.15) is 4.98 Å². The molecule has 2 amide bonds. The number of hydrogen-bond acceptors (Lipinski definition) is 5. The first-order chi connectivity index (χ1) is 15.4. The highest BCUT2D eigenvalue weighted by Crippen LogP contribution is 2.45. The molecule has 0 fully saturated rings. The highest BCUT2D eigenvalue weighted by atomic mass is 79.9. The van der Waals surface area contributed by atoms with Gasteiger partial charge in [0.05, 0.1) is 11.0 Å². The van der Waals surface area contributed by atoms with Crippen LogP contribution in [0.15, 0.2) is 71.2 Å². The van der Waals surface area contributed by atoms with Crippen LogP contribution < -0.4 is 15.0 Å². The Morgan fingerprint density at radius 1 is 1.16 bits per heavy atom. The van der Waals surface area contributed by atoms with Crippen LogP contribution in [0.25, 0.3) is 11.0 Å². The Hall–Kier alpha value is -3.69. The van der Waals surface area contributed by atoms with Crippen molar-refractivity contribution in [2.75, 3.05) is 11.9 Å². The molecule has 0 bridgehead atoms. The number of anilines is 1. The molecule has 4 aromatic rings. The van der Waals surface area contributed by atoms with Crippen LogP contribution in [0.5, 0.6) is 6.01 Å². The molecule has 1 unspecified atom stereocenters. The predicted molar refractivity (Wildman–Crippen MR) is 122 cm³/mol. The van der Waals surface area contributed by atoms with Gasteiger partial charge < -0.3 is 20.1 Å². The summed E-state index contributed by atoms with van der Waals surface area (Å²) in [5, 5.41) is 14.5. The quantitative estimate of drug-likeness (QED) is 0.402. The number of imidazole rings is 1. The molecule has 1 atom stereocenters. The van der Waals surface area contributed by atoms with Crippen LogP contribution in [-0.4, -0.2) is 34.1 Å². The molecule has 3 aromatic carbocycles. The number of nitrogens with one attached hydrogen (secondary N) is 2. The normalized spacial score (nSPS) is 17.5. The van der Waals surface area contributed by atoms with Crippen LogP contribution in [-0.2, 0) is 5.72 Å². The number of amides is 2. The van der Waals surface area contributed by atoms with Gasteiger partial charge in [0.15, 0.2) is 5.72 Å². The van der Waals surface area contributed by atoms with Crippen molar-refractivity contribution in [1.29, 1.82) is 0 Å². The molecular formula is C23H17BrN4O4. The van der Waals surface area contributed by atoms with E-state index in [1.165, 1.54) is 11.9 Å². The second-order valence-corrected chi connectivity index (χ2v) is 8.17. The van der Waals surface area contributed by atoms with Gasteiger partial charge in [0.25, 0.3) is 5.91 Å². The molecule has 1 aliphatic rings. The zero-order valence-corrected chi connectivity index (χ0v) is 18.4. The van der Waals surface area contributed by atoms with Gasteiger partial charge in [0.2, 0.25) is 0 Å². The third-order valence-electron chi connectivity index (χ3n) is 5.38. The average Bonchev–Trinajstić information content (AvgIpc) is 3.29. The molecule has 0 spiro atoms. The van der Waals surface area contributed by atoms with E-state index in [-0.39, 0.29) is 11.9 Å². The van der Waals surface area contributed by atoms with Gasteiger partial charge in [-0.3, -0.25) is 9.69 Å². The fourth-order valence-electron chi connectivity index (χ4n) is 3.96. The number of hydrogen-bond donors (Lipinski definition) is 3. The van der Waals surface area contributed by atoms with Crippen molar-refractivity contribution in [2.45, 2.75) is 5.72 Å². The van der Waals surface area contributed by atoms with Crippen LogP contribution in [0.3, 0.4) is 0 Å². The van der Waals surface area contributed by atoms with E-state index in [4.69, 9.17) is 4.74 Å². The van der Waals surface area contributed by atoms with E-state index in [1.807, 2.05) is 6.07 Å². The maximum absolute atomic E-state index is 13.4. The van der Waals surface area contributed by atoms with Crippen molar-refractivity contribution < 1.29 is 19.4 Å². The lowest BCUT2D eigenvalue weighted by Crippen LogP contribution is -2.45. The smallest absolute Gasteiger partial charge is 0.375 e. The molecule has 32 heavy (non-hydrogen) atoms. The SMILES string of the molecule is CNC(=O)Oc1nc2ccc(C3(O)c4ccccc4C(=O)N3c3cccc(Br)c3)cc2[nH]1. The van der Waals surface area contributed by atoms with Gasteiger partial charge in [-0.15, -0.1) is 0 Å². The topological polar surface area (TPSA) is 108 Å². The standard InChI is InChI=1S/C23H17BrN4O4/c1-25-22(30)32-21-26-18-10-9-13(11-19(18)27-21)23(31)17-8-3-2-7-16(17)20(29)28(23)15-6-4-5-14(24)12-15/h2-12,31H,1H3,(H,25,30)(H,26,27). The molecule has 1 aromatic heterocycles. The lowest BCUT2D eigenvalue weighted by molar-refractivity contribution is 0.0704. The zero-order chi connectivity index (χ0) is 22.5. The van der Waals surface area contributed by atoms with E-state index in [2.05, 4.69) is 31.2 Å². The molecule has 5 rings (SSSR count). The number of carbonyl (C=O) groups excluding carboxylic acids is 2. The lowest BCUT2D eigenvalue weighted by Gasteiger charge is -2.35. The maximum Gasteiger partial charge on any atom is 0.414 e. The summed E-state index contributed by atoms with van der Waals surface area (Å²) in [5.41, 5.74) is 1.22. The van der Waals surface area contributed by atoms with E-state index < -0.39 is 11.8 Å². The Morgan fingerprint density at radius 2 is 1.97 bits per heavy atom.